The molecule has 2 saturated heterocycles. The van der Waals surface area contributed by atoms with E-state index < -0.39 is 15.9 Å². The van der Waals surface area contributed by atoms with E-state index in [4.69, 9.17) is 9.47 Å². The zero-order valence-electron chi connectivity index (χ0n) is 18.1. The predicted molar refractivity (Wildman–Crippen MR) is 119 cm³/mol. The maximum Gasteiger partial charge on any atom is 0.270 e. The van der Waals surface area contributed by atoms with Crippen molar-refractivity contribution in [2.75, 3.05) is 38.3 Å². The molecule has 0 spiro atoms. The number of hydrogen-bond acceptors (Lipinski definition) is 6. The second-order valence-corrected chi connectivity index (χ2v) is 10.4. The molecule has 33 heavy (non-hydrogen) atoms. The number of rotatable bonds is 5. The summed E-state index contributed by atoms with van der Waals surface area (Å²) in [7, 11) is -3.83. The van der Waals surface area contributed by atoms with Gasteiger partial charge in [0.1, 0.15) is 10.6 Å². The minimum Gasteiger partial charge on any atom is -0.454 e. The highest BCUT2D eigenvalue weighted by atomic mass is 32.2. The van der Waals surface area contributed by atoms with Gasteiger partial charge in [-0.25, -0.2) is 8.42 Å². The molecule has 2 N–H and O–H groups in total. The molecule has 0 aliphatic carbocycles. The van der Waals surface area contributed by atoms with Crippen molar-refractivity contribution in [2.45, 2.75) is 30.6 Å². The van der Waals surface area contributed by atoms with Crippen LogP contribution < -0.4 is 14.8 Å². The van der Waals surface area contributed by atoms with Gasteiger partial charge in [-0.2, -0.15) is 4.31 Å². The van der Waals surface area contributed by atoms with Gasteiger partial charge in [-0.05, 0) is 43.9 Å². The van der Waals surface area contributed by atoms with Gasteiger partial charge in [0, 0.05) is 44.1 Å². The van der Waals surface area contributed by atoms with Gasteiger partial charge in [0.15, 0.2) is 11.5 Å². The number of nitrogens with zero attached hydrogens (tertiary/aromatic N) is 2. The lowest BCUT2D eigenvalue weighted by Crippen LogP contribution is -2.43. The van der Waals surface area contributed by atoms with Crippen LogP contribution in [0.25, 0.3) is 0 Å². The van der Waals surface area contributed by atoms with Crippen molar-refractivity contribution in [1.82, 2.24) is 14.2 Å². The molecule has 1 aromatic carbocycles. The zero-order valence-corrected chi connectivity index (χ0v) is 18.9. The lowest BCUT2D eigenvalue weighted by molar-refractivity contribution is -0.120. The summed E-state index contributed by atoms with van der Waals surface area (Å²) in [6.45, 7) is 1.93. The molecule has 1 atom stereocenters. The Hall–Kier alpha value is -3.05. The van der Waals surface area contributed by atoms with Crippen LogP contribution in [0.3, 0.4) is 0 Å². The number of hydrogen-bond donors (Lipinski definition) is 2. The number of piperidine rings is 1. The fourth-order valence-corrected chi connectivity index (χ4v) is 6.00. The molecule has 176 valence electrons. The van der Waals surface area contributed by atoms with Crippen molar-refractivity contribution < 1.29 is 27.5 Å². The topological polar surface area (TPSA) is 121 Å². The van der Waals surface area contributed by atoms with Gasteiger partial charge in [-0.1, -0.05) is 0 Å². The third kappa shape index (κ3) is 4.30. The number of ether oxygens (including phenoxy) is 2. The SMILES string of the molecule is O=C(Nc1ccc2c(c1)OCO2)[C@H]1CCCN(S(=O)(=O)c2c[nH]c(C(=O)N3CCCC3)c2)C1. The molecule has 5 rings (SSSR count). The number of carbonyl (C=O) groups excluding carboxylic acids is 2. The van der Waals surface area contributed by atoms with E-state index in [2.05, 4.69) is 10.3 Å². The molecule has 3 aliphatic heterocycles. The van der Waals surface area contributed by atoms with Crippen LogP contribution in [0, 0.1) is 5.92 Å². The van der Waals surface area contributed by atoms with Crippen LogP contribution in [0.2, 0.25) is 0 Å². The van der Waals surface area contributed by atoms with E-state index in [1.807, 2.05) is 0 Å². The Kier molecular flexibility index (Phi) is 5.75. The van der Waals surface area contributed by atoms with E-state index in [1.54, 1.807) is 23.1 Å². The Morgan fingerprint density at radius 3 is 2.64 bits per heavy atom. The van der Waals surface area contributed by atoms with Crippen LogP contribution in [0.1, 0.15) is 36.2 Å². The number of nitrogens with one attached hydrogen (secondary N) is 2. The highest BCUT2D eigenvalue weighted by molar-refractivity contribution is 7.89. The standard InChI is InChI=1S/C22H26N4O6S/c27-21(24-16-5-6-19-20(10-16)32-14-31-19)15-4-3-9-26(13-15)33(29,30)17-11-18(23-12-17)22(28)25-7-1-2-8-25/h5-6,10-12,15,23H,1-4,7-9,13-14H2,(H,24,27)/t15-/m0/s1. The smallest absolute Gasteiger partial charge is 0.270 e. The Morgan fingerprint density at radius 1 is 1.03 bits per heavy atom. The first-order valence-electron chi connectivity index (χ1n) is 11.1. The minimum atomic E-state index is -3.83. The molecular formula is C22H26N4O6S. The Morgan fingerprint density at radius 2 is 1.82 bits per heavy atom. The van der Waals surface area contributed by atoms with Crippen molar-refractivity contribution in [2.24, 2.45) is 5.92 Å². The van der Waals surface area contributed by atoms with Gasteiger partial charge < -0.3 is 24.7 Å². The summed E-state index contributed by atoms with van der Waals surface area (Å²) < 4.78 is 38.4. The summed E-state index contributed by atoms with van der Waals surface area (Å²) in [5.74, 6) is 0.273. The van der Waals surface area contributed by atoms with Crippen molar-refractivity contribution >= 4 is 27.5 Å². The third-order valence-electron chi connectivity index (χ3n) is 6.31. The average molecular weight is 475 g/mol. The van der Waals surface area contributed by atoms with E-state index in [1.165, 1.54) is 16.6 Å². The molecule has 11 heteroatoms. The van der Waals surface area contributed by atoms with Crippen LogP contribution in [-0.4, -0.2) is 67.4 Å². The molecule has 3 aliphatic rings. The number of aromatic amines is 1. The van der Waals surface area contributed by atoms with Crippen molar-refractivity contribution in [1.29, 1.82) is 0 Å². The van der Waals surface area contributed by atoms with E-state index in [0.29, 0.717) is 49.7 Å². The lowest BCUT2D eigenvalue weighted by atomic mass is 9.98. The minimum absolute atomic E-state index is 0.0434. The number of amides is 2. The largest absolute Gasteiger partial charge is 0.454 e. The van der Waals surface area contributed by atoms with Crippen LogP contribution in [-0.2, 0) is 14.8 Å². The van der Waals surface area contributed by atoms with Gasteiger partial charge in [-0.3, -0.25) is 9.59 Å². The monoisotopic (exact) mass is 474 g/mol. The molecule has 1 aromatic heterocycles. The molecular weight excluding hydrogens is 448 g/mol. The fourth-order valence-electron chi connectivity index (χ4n) is 4.48. The van der Waals surface area contributed by atoms with Crippen LogP contribution >= 0.6 is 0 Å². The summed E-state index contributed by atoms with van der Waals surface area (Å²) in [6, 6.07) is 6.53. The maximum absolute atomic E-state index is 13.2. The number of aromatic nitrogens is 1. The fraction of sp³-hybridized carbons (Fsp3) is 0.455. The number of fused-ring (bicyclic) bond motifs is 1. The van der Waals surface area contributed by atoms with Gasteiger partial charge in [0.25, 0.3) is 5.91 Å². The van der Waals surface area contributed by atoms with Crippen LogP contribution in [0.5, 0.6) is 11.5 Å². The van der Waals surface area contributed by atoms with E-state index >= 15 is 0 Å². The summed E-state index contributed by atoms with van der Waals surface area (Å²) >= 11 is 0. The van der Waals surface area contributed by atoms with E-state index in [9.17, 15) is 18.0 Å². The van der Waals surface area contributed by atoms with Crippen molar-refractivity contribution in [3.63, 3.8) is 0 Å². The van der Waals surface area contributed by atoms with Gasteiger partial charge in [0.05, 0.1) is 5.92 Å². The average Bonchev–Trinajstić information content (AvgIpc) is 3.60. The molecule has 2 fully saturated rings. The number of sulfonamides is 1. The Labute approximate surface area is 191 Å². The second kappa shape index (κ2) is 8.71. The van der Waals surface area contributed by atoms with E-state index in [0.717, 1.165) is 12.8 Å². The lowest BCUT2D eigenvalue weighted by Gasteiger charge is -2.31. The highest BCUT2D eigenvalue weighted by Crippen LogP contribution is 2.34. The first-order chi connectivity index (χ1) is 15.9. The molecule has 4 heterocycles. The molecule has 10 nitrogen and oxygen atoms in total. The van der Waals surface area contributed by atoms with Gasteiger partial charge in [0.2, 0.25) is 22.7 Å². The molecule has 2 aromatic rings. The van der Waals surface area contributed by atoms with Gasteiger partial charge in [-0.15, -0.1) is 0 Å². The van der Waals surface area contributed by atoms with Crippen LogP contribution in [0.4, 0.5) is 5.69 Å². The summed E-state index contributed by atoms with van der Waals surface area (Å²) in [6.07, 6.45) is 4.44. The number of likely N-dealkylation sites (tertiary alicyclic amines) is 1. The predicted octanol–water partition coefficient (Wildman–Crippen LogP) is 2.02. The normalized spacial score (nSPS) is 20.7. The number of carbonyl (C=O) groups is 2. The number of H-pyrrole nitrogens is 1. The zero-order chi connectivity index (χ0) is 23.0. The summed E-state index contributed by atoms with van der Waals surface area (Å²) in [5.41, 5.74) is 0.838. The summed E-state index contributed by atoms with van der Waals surface area (Å²) in [4.78, 5) is 30.0. The quantitative estimate of drug-likeness (QED) is 0.684. The Bertz CT molecular complexity index is 1170. The maximum atomic E-state index is 13.2. The first-order valence-corrected chi connectivity index (χ1v) is 12.5. The highest BCUT2D eigenvalue weighted by Gasteiger charge is 2.34. The van der Waals surface area contributed by atoms with Gasteiger partial charge >= 0.3 is 0 Å². The molecule has 0 saturated carbocycles. The Balaban J connectivity index is 1.26. The number of benzene rings is 1. The second-order valence-electron chi connectivity index (χ2n) is 8.51. The van der Waals surface area contributed by atoms with Crippen LogP contribution in [0.15, 0.2) is 35.4 Å². The van der Waals surface area contributed by atoms with Crippen molar-refractivity contribution in [3.05, 3.63) is 36.2 Å². The molecule has 2 amide bonds. The molecule has 0 bridgehead atoms. The van der Waals surface area contributed by atoms with Crippen molar-refractivity contribution in [3.8, 4) is 11.5 Å². The first kappa shape index (κ1) is 21.8. The van der Waals surface area contributed by atoms with E-state index in [-0.39, 0.29) is 35.7 Å². The number of anilines is 1. The third-order valence-corrected chi connectivity index (χ3v) is 8.16. The molecule has 0 radical (unpaired) electrons. The molecule has 0 unspecified atom stereocenters. The summed E-state index contributed by atoms with van der Waals surface area (Å²) in [5, 5.41) is 2.85.